The van der Waals surface area contributed by atoms with Gasteiger partial charge in [-0.2, -0.15) is 5.10 Å². The fourth-order valence-electron chi connectivity index (χ4n) is 2.48. The fourth-order valence-corrected chi connectivity index (χ4v) is 3.45. The first kappa shape index (κ1) is 18.5. The number of rotatable bonds is 4. The molecule has 2 amide bonds. The summed E-state index contributed by atoms with van der Waals surface area (Å²) in [6.07, 6.45) is 2.84. The lowest BCUT2D eigenvalue weighted by Gasteiger charge is -2.15. The number of amides is 2. The Labute approximate surface area is 155 Å². The van der Waals surface area contributed by atoms with Gasteiger partial charge in [-0.3, -0.25) is 9.59 Å². The Balaban J connectivity index is 1.86. The van der Waals surface area contributed by atoms with Gasteiger partial charge < -0.3 is 4.90 Å². The molecule has 0 spiro atoms. The van der Waals surface area contributed by atoms with Crippen LogP contribution in [0.2, 0.25) is 0 Å². The third kappa shape index (κ3) is 3.51. The molecule has 0 aliphatic rings. The number of sulfonamides is 1. The average molecular weight is 387 g/mol. The van der Waals surface area contributed by atoms with E-state index < -0.39 is 15.9 Å². The number of fused-ring (bicyclic) bond motifs is 1. The van der Waals surface area contributed by atoms with Crippen molar-refractivity contribution in [1.29, 1.82) is 0 Å². The minimum absolute atomic E-state index is 0.0951. The fraction of sp³-hybridized carbons (Fsp3) is 0.176. The van der Waals surface area contributed by atoms with Gasteiger partial charge >= 0.3 is 0 Å². The molecule has 1 N–H and O–H groups in total. The van der Waals surface area contributed by atoms with Crippen molar-refractivity contribution in [2.24, 2.45) is 0 Å². The molecule has 0 radical (unpaired) electrons. The second-order valence-electron chi connectivity index (χ2n) is 5.87. The quantitative estimate of drug-likeness (QED) is 0.718. The van der Waals surface area contributed by atoms with Crippen molar-refractivity contribution in [2.75, 3.05) is 11.9 Å². The minimum atomic E-state index is -4.09. The maximum absolute atomic E-state index is 12.5. The number of hydrogen-bond donors (Lipinski definition) is 1. The van der Waals surface area contributed by atoms with Crippen LogP contribution in [0.5, 0.6) is 0 Å². The topological polar surface area (TPSA) is 114 Å². The molecule has 0 bridgehead atoms. The zero-order valence-electron chi connectivity index (χ0n) is 14.9. The standard InChI is InChI=1S/C17H17N5O4S/c1-11-15(10-18-16-8-9-19-22(11)16)17(24)20-27(25,26)14-6-4-13(5-7-14)21(3)12(2)23/h4-10H,1-3H3,(H,20,24). The van der Waals surface area contributed by atoms with Gasteiger partial charge in [0.1, 0.15) is 0 Å². The van der Waals surface area contributed by atoms with Crippen LogP contribution in [-0.4, -0.2) is 41.9 Å². The van der Waals surface area contributed by atoms with Crippen LogP contribution in [0.4, 0.5) is 5.69 Å². The summed E-state index contributed by atoms with van der Waals surface area (Å²) < 4.78 is 28.5. The van der Waals surface area contributed by atoms with E-state index >= 15 is 0 Å². The molecule has 0 fully saturated rings. The van der Waals surface area contributed by atoms with E-state index in [1.807, 2.05) is 4.72 Å². The highest BCUT2D eigenvalue weighted by molar-refractivity contribution is 7.90. The smallest absolute Gasteiger partial charge is 0.268 e. The highest BCUT2D eigenvalue weighted by Crippen LogP contribution is 2.18. The molecule has 3 aromatic rings. The molecule has 27 heavy (non-hydrogen) atoms. The molecule has 10 heteroatoms. The first-order valence-electron chi connectivity index (χ1n) is 7.91. The molecule has 0 aliphatic heterocycles. The number of carbonyl (C=O) groups excluding carboxylic acids is 2. The van der Waals surface area contributed by atoms with Crippen molar-refractivity contribution in [3.63, 3.8) is 0 Å². The van der Waals surface area contributed by atoms with Crippen molar-refractivity contribution < 1.29 is 18.0 Å². The Morgan fingerprint density at radius 2 is 1.81 bits per heavy atom. The Hall–Kier alpha value is -3.27. The van der Waals surface area contributed by atoms with Crippen molar-refractivity contribution >= 4 is 33.2 Å². The molecular weight excluding hydrogens is 370 g/mol. The molecule has 0 saturated carbocycles. The van der Waals surface area contributed by atoms with E-state index in [1.165, 1.54) is 53.0 Å². The number of aryl methyl sites for hydroxylation is 1. The number of benzene rings is 1. The van der Waals surface area contributed by atoms with Gasteiger partial charge in [0.2, 0.25) is 5.91 Å². The van der Waals surface area contributed by atoms with Crippen LogP contribution < -0.4 is 9.62 Å². The van der Waals surface area contributed by atoms with Gasteiger partial charge in [0, 0.05) is 31.9 Å². The van der Waals surface area contributed by atoms with Crippen LogP contribution in [0.1, 0.15) is 23.0 Å². The summed E-state index contributed by atoms with van der Waals surface area (Å²) in [5.41, 5.74) is 1.66. The normalized spacial score (nSPS) is 11.4. The van der Waals surface area contributed by atoms with E-state index in [-0.39, 0.29) is 16.4 Å². The van der Waals surface area contributed by atoms with Crippen LogP contribution in [-0.2, 0) is 14.8 Å². The number of nitrogens with zero attached hydrogens (tertiary/aromatic N) is 4. The number of nitrogens with one attached hydrogen (secondary N) is 1. The first-order valence-corrected chi connectivity index (χ1v) is 9.40. The van der Waals surface area contributed by atoms with Crippen molar-refractivity contribution in [3.8, 4) is 0 Å². The van der Waals surface area contributed by atoms with Crippen LogP contribution in [0.3, 0.4) is 0 Å². The number of anilines is 1. The molecule has 0 unspecified atom stereocenters. The lowest BCUT2D eigenvalue weighted by Crippen LogP contribution is -2.31. The molecule has 2 aromatic heterocycles. The van der Waals surface area contributed by atoms with Crippen LogP contribution in [0, 0.1) is 6.92 Å². The van der Waals surface area contributed by atoms with E-state index in [0.29, 0.717) is 17.0 Å². The zero-order valence-corrected chi connectivity index (χ0v) is 15.7. The summed E-state index contributed by atoms with van der Waals surface area (Å²) in [4.78, 5) is 29.2. The summed E-state index contributed by atoms with van der Waals surface area (Å²) >= 11 is 0. The van der Waals surface area contributed by atoms with Gasteiger partial charge in [0.15, 0.2) is 5.65 Å². The van der Waals surface area contributed by atoms with Gasteiger partial charge in [-0.25, -0.2) is 22.6 Å². The molecule has 0 saturated heterocycles. The van der Waals surface area contributed by atoms with E-state index in [1.54, 1.807) is 20.0 Å². The predicted octanol–water partition coefficient (Wildman–Crippen LogP) is 1.14. The van der Waals surface area contributed by atoms with E-state index in [0.717, 1.165) is 0 Å². The van der Waals surface area contributed by atoms with Crippen molar-refractivity contribution in [1.82, 2.24) is 19.3 Å². The minimum Gasteiger partial charge on any atom is -0.316 e. The molecule has 3 rings (SSSR count). The largest absolute Gasteiger partial charge is 0.316 e. The van der Waals surface area contributed by atoms with Crippen LogP contribution in [0.25, 0.3) is 5.65 Å². The predicted molar refractivity (Wildman–Crippen MR) is 97.9 cm³/mol. The van der Waals surface area contributed by atoms with Gasteiger partial charge in [-0.15, -0.1) is 0 Å². The molecule has 1 aromatic carbocycles. The lowest BCUT2D eigenvalue weighted by atomic mass is 10.2. The summed E-state index contributed by atoms with van der Waals surface area (Å²) in [5, 5.41) is 4.05. The summed E-state index contributed by atoms with van der Waals surface area (Å²) in [6.45, 7) is 3.05. The van der Waals surface area contributed by atoms with Gasteiger partial charge in [-0.1, -0.05) is 0 Å². The molecule has 0 atom stereocenters. The van der Waals surface area contributed by atoms with Gasteiger partial charge in [-0.05, 0) is 31.2 Å². The Morgan fingerprint density at radius 3 is 2.44 bits per heavy atom. The average Bonchev–Trinajstić information content (AvgIpc) is 3.10. The molecule has 140 valence electrons. The van der Waals surface area contributed by atoms with Crippen molar-refractivity contribution in [3.05, 3.63) is 54.0 Å². The molecular formula is C17H17N5O4S. The molecule has 2 heterocycles. The highest BCUT2D eigenvalue weighted by atomic mass is 32.2. The zero-order chi connectivity index (χ0) is 19.8. The maximum atomic E-state index is 12.5. The monoisotopic (exact) mass is 387 g/mol. The number of aromatic nitrogens is 3. The third-order valence-corrected chi connectivity index (χ3v) is 5.48. The van der Waals surface area contributed by atoms with Crippen LogP contribution in [0.15, 0.2) is 47.6 Å². The molecule has 9 nitrogen and oxygen atoms in total. The van der Waals surface area contributed by atoms with E-state index in [2.05, 4.69) is 10.1 Å². The SMILES string of the molecule is CC(=O)N(C)c1ccc(S(=O)(=O)NC(=O)c2cnc3ccnn3c2C)cc1. The Morgan fingerprint density at radius 1 is 1.15 bits per heavy atom. The first-order chi connectivity index (χ1) is 12.7. The van der Waals surface area contributed by atoms with Crippen LogP contribution >= 0.6 is 0 Å². The van der Waals surface area contributed by atoms with Crippen molar-refractivity contribution in [2.45, 2.75) is 18.7 Å². The number of carbonyl (C=O) groups is 2. The summed E-state index contributed by atoms with van der Waals surface area (Å²) in [5.74, 6) is -0.988. The summed E-state index contributed by atoms with van der Waals surface area (Å²) in [7, 11) is -2.51. The van der Waals surface area contributed by atoms with E-state index in [9.17, 15) is 18.0 Å². The highest BCUT2D eigenvalue weighted by Gasteiger charge is 2.21. The van der Waals surface area contributed by atoms with Gasteiger partial charge in [0.25, 0.3) is 15.9 Å². The number of hydrogen-bond acceptors (Lipinski definition) is 6. The Kier molecular flexibility index (Phi) is 4.66. The van der Waals surface area contributed by atoms with Gasteiger partial charge in [0.05, 0.1) is 22.3 Å². The second kappa shape index (κ2) is 6.80. The Bertz CT molecular complexity index is 1140. The lowest BCUT2D eigenvalue weighted by molar-refractivity contribution is -0.116. The third-order valence-electron chi connectivity index (χ3n) is 4.13. The summed E-state index contributed by atoms with van der Waals surface area (Å²) in [6, 6.07) is 7.30. The molecule has 0 aliphatic carbocycles. The maximum Gasteiger partial charge on any atom is 0.268 e. The second-order valence-corrected chi connectivity index (χ2v) is 7.55. The van der Waals surface area contributed by atoms with E-state index in [4.69, 9.17) is 0 Å².